The molecule has 4 N–H and O–H groups in total. The summed E-state index contributed by atoms with van der Waals surface area (Å²) in [5.74, 6) is -0.398. The van der Waals surface area contributed by atoms with Crippen molar-refractivity contribution in [3.05, 3.63) is 28.2 Å². The molecule has 1 aliphatic heterocycles. The van der Waals surface area contributed by atoms with Crippen LogP contribution >= 0.6 is 15.9 Å². The van der Waals surface area contributed by atoms with Crippen LogP contribution in [0.4, 0.5) is 5.69 Å². The van der Waals surface area contributed by atoms with Gasteiger partial charge in [0.05, 0.1) is 11.3 Å². The first kappa shape index (κ1) is 14.3. The van der Waals surface area contributed by atoms with Crippen LogP contribution in [0.2, 0.25) is 0 Å². The zero-order chi connectivity index (χ0) is 14.0. The maximum atomic E-state index is 11.7. The Morgan fingerprint density at radius 2 is 2.21 bits per heavy atom. The molecule has 2 rings (SSSR count). The predicted octanol–water partition coefficient (Wildman–Crippen LogP) is 2.25. The van der Waals surface area contributed by atoms with Crippen molar-refractivity contribution in [3.63, 3.8) is 0 Å². The summed E-state index contributed by atoms with van der Waals surface area (Å²) in [5, 5.41) is 0. The lowest BCUT2D eigenvalue weighted by molar-refractivity contribution is 0.100. The molecule has 1 fully saturated rings. The molecule has 2 unspecified atom stereocenters. The van der Waals surface area contributed by atoms with Gasteiger partial charge >= 0.3 is 0 Å². The lowest BCUT2D eigenvalue weighted by atomic mass is 9.94. The SMILES string of the molecule is CC1CCCC(CN)N1c1ccc(Br)cc1C(N)=O. The van der Waals surface area contributed by atoms with Gasteiger partial charge in [-0.3, -0.25) is 4.79 Å². The van der Waals surface area contributed by atoms with Crippen molar-refractivity contribution in [3.8, 4) is 0 Å². The fourth-order valence-electron chi connectivity index (χ4n) is 2.88. The van der Waals surface area contributed by atoms with E-state index < -0.39 is 5.91 Å². The summed E-state index contributed by atoms with van der Waals surface area (Å²) in [7, 11) is 0. The molecule has 104 valence electrons. The molecule has 5 heteroatoms. The lowest BCUT2D eigenvalue weighted by Crippen LogP contribution is -2.49. The van der Waals surface area contributed by atoms with Crippen LogP contribution in [0.3, 0.4) is 0 Å². The highest BCUT2D eigenvalue weighted by atomic mass is 79.9. The van der Waals surface area contributed by atoms with Crippen molar-refractivity contribution < 1.29 is 4.79 Å². The predicted molar refractivity (Wildman–Crippen MR) is 81.3 cm³/mol. The smallest absolute Gasteiger partial charge is 0.250 e. The van der Waals surface area contributed by atoms with Crippen LogP contribution < -0.4 is 16.4 Å². The molecule has 0 spiro atoms. The van der Waals surface area contributed by atoms with E-state index in [2.05, 4.69) is 27.8 Å². The minimum Gasteiger partial charge on any atom is -0.366 e. The van der Waals surface area contributed by atoms with Crippen molar-refractivity contribution in [2.24, 2.45) is 11.5 Å². The monoisotopic (exact) mass is 325 g/mol. The Kier molecular flexibility index (Phi) is 4.47. The van der Waals surface area contributed by atoms with Gasteiger partial charge in [0.15, 0.2) is 0 Å². The number of benzene rings is 1. The van der Waals surface area contributed by atoms with Gasteiger partial charge in [-0.2, -0.15) is 0 Å². The summed E-state index contributed by atoms with van der Waals surface area (Å²) < 4.78 is 0.860. The van der Waals surface area contributed by atoms with Crippen molar-refractivity contribution in [2.45, 2.75) is 38.3 Å². The third-order valence-electron chi connectivity index (χ3n) is 3.80. The second kappa shape index (κ2) is 5.92. The summed E-state index contributed by atoms with van der Waals surface area (Å²) in [5.41, 5.74) is 12.8. The Labute approximate surface area is 122 Å². The molecule has 0 aromatic heterocycles. The minimum atomic E-state index is -0.398. The number of halogens is 1. The third kappa shape index (κ3) is 2.92. The summed E-state index contributed by atoms with van der Waals surface area (Å²) in [4.78, 5) is 13.9. The Hall–Kier alpha value is -1.07. The van der Waals surface area contributed by atoms with Crippen LogP contribution in [-0.2, 0) is 0 Å². The second-order valence-electron chi connectivity index (χ2n) is 5.10. The maximum absolute atomic E-state index is 11.7. The van der Waals surface area contributed by atoms with Crippen LogP contribution in [-0.4, -0.2) is 24.5 Å². The molecule has 0 bridgehead atoms. The topological polar surface area (TPSA) is 72.3 Å². The molecular formula is C14H20BrN3O. The molecule has 0 radical (unpaired) electrons. The van der Waals surface area contributed by atoms with E-state index in [0.29, 0.717) is 18.2 Å². The van der Waals surface area contributed by atoms with Crippen LogP contribution in [0.5, 0.6) is 0 Å². The Morgan fingerprint density at radius 3 is 2.84 bits per heavy atom. The zero-order valence-corrected chi connectivity index (χ0v) is 12.7. The number of hydrogen-bond acceptors (Lipinski definition) is 3. The maximum Gasteiger partial charge on any atom is 0.250 e. The van der Waals surface area contributed by atoms with E-state index in [0.717, 1.165) is 23.0 Å². The molecule has 1 aromatic rings. The van der Waals surface area contributed by atoms with Gasteiger partial charge in [0.2, 0.25) is 0 Å². The number of carbonyl (C=O) groups is 1. The van der Waals surface area contributed by atoms with Crippen LogP contribution in [0.15, 0.2) is 22.7 Å². The largest absolute Gasteiger partial charge is 0.366 e. The molecule has 1 aliphatic rings. The van der Waals surface area contributed by atoms with Gasteiger partial charge in [-0.05, 0) is 44.4 Å². The molecule has 4 nitrogen and oxygen atoms in total. The molecule has 1 amide bonds. The number of hydrogen-bond donors (Lipinski definition) is 2. The van der Waals surface area contributed by atoms with Crippen molar-refractivity contribution in [1.82, 2.24) is 0 Å². The van der Waals surface area contributed by atoms with Crippen LogP contribution in [0.25, 0.3) is 0 Å². The standard InChI is InChI=1S/C14H20BrN3O/c1-9-3-2-4-11(8-16)18(9)13-6-5-10(15)7-12(13)14(17)19/h5-7,9,11H,2-4,8,16H2,1H3,(H2,17,19). The second-order valence-corrected chi connectivity index (χ2v) is 6.02. The number of nitrogens with zero attached hydrogens (tertiary/aromatic N) is 1. The Bertz CT molecular complexity index is 478. The van der Waals surface area contributed by atoms with Gasteiger partial charge in [0, 0.05) is 23.1 Å². The van der Waals surface area contributed by atoms with Crippen LogP contribution in [0, 0.1) is 0 Å². The van der Waals surface area contributed by atoms with Gasteiger partial charge in [-0.25, -0.2) is 0 Å². The van der Waals surface area contributed by atoms with E-state index in [1.807, 2.05) is 12.1 Å². The fourth-order valence-corrected chi connectivity index (χ4v) is 3.24. The van der Waals surface area contributed by atoms with Crippen LogP contribution in [0.1, 0.15) is 36.5 Å². The van der Waals surface area contributed by atoms with Gasteiger partial charge in [-0.15, -0.1) is 0 Å². The fraction of sp³-hybridized carbons (Fsp3) is 0.500. The van der Waals surface area contributed by atoms with E-state index in [-0.39, 0.29) is 6.04 Å². The Balaban J connectivity index is 2.46. The molecule has 1 aromatic carbocycles. The molecule has 19 heavy (non-hydrogen) atoms. The quantitative estimate of drug-likeness (QED) is 0.895. The highest BCUT2D eigenvalue weighted by Gasteiger charge is 2.29. The van der Waals surface area contributed by atoms with Gasteiger partial charge in [0.1, 0.15) is 0 Å². The average Bonchev–Trinajstić information content (AvgIpc) is 2.38. The summed E-state index contributed by atoms with van der Waals surface area (Å²) in [6.07, 6.45) is 3.36. The first-order valence-electron chi connectivity index (χ1n) is 6.62. The minimum absolute atomic E-state index is 0.281. The third-order valence-corrected chi connectivity index (χ3v) is 4.30. The summed E-state index contributed by atoms with van der Waals surface area (Å²) >= 11 is 3.38. The van der Waals surface area contributed by atoms with E-state index in [9.17, 15) is 4.79 Å². The number of primary amides is 1. The number of piperidine rings is 1. The molecule has 2 atom stereocenters. The highest BCUT2D eigenvalue weighted by molar-refractivity contribution is 9.10. The summed E-state index contributed by atoms with van der Waals surface area (Å²) in [6, 6.07) is 6.34. The van der Waals surface area contributed by atoms with E-state index in [1.54, 1.807) is 6.07 Å². The van der Waals surface area contributed by atoms with E-state index in [1.165, 1.54) is 6.42 Å². The number of carbonyl (C=O) groups excluding carboxylic acids is 1. The van der Waals surface area contributed by atoms with Gasteiger partial charge < -0.3 is 16.4 Å². The average molecular weight is 326 g/mol. The number of anilines is 1. The van der Waals surface area contributed by atoms with E-state index >= 15 is 0 Å². The van der Waals surface area contributed by atoms with Crippen molar-refractivity contribution in [1.29, 1.82) is 0 Å². The van der Waals surface area contributed by atoms with Gasteiger partial charge in [-0.1, -0.05) is 15.9 Å². The summed E-state index contributed by atoms with van der Waals surface area (Å²) in [6.45, 7) is 2.77. The first-order valence-corrected chi connectivity index (χ1v) is 7.41. The first-order chi connectivity index (χ1) is 9.04. The molecule has 1 heterocycles. The number of rotatable bonds is 3. The normalized spacial score (nSPS) is 23.4. The molecule has 0 aliphatic carbocycles. The number of nitrogens with two attached hydrogens (primary N) is 2. The molecule has 0 saturated carbocycles. The van der Waals surface area contributed by atoms with Crippen molar-refractivity contribution >= 4 is 27.5 Å². The zero-order valence-electron chi connectivity index (χ0n) is 11.1. The van der Waals surface area contributed by atoms with E-state index in [4.69, 9.17) is 11.5 Å². The lowest BCUT2D eigenvalue weighted by Gasteiger charge is -2.42. The molecule has 1 saturated heterocycles. The highest BCUT2D eigenvalue weighted by Crippen LogP contribution is 2.32. The van der Waals surface area contributed by atoms with Gasteiger partial charge in [0.25, 0.3) is 5.91 Å². The van der Waals surface area contributed by atoms with Crippen molar-refractivity contribution in [2.75, 3.05) is 11.4 Å². The Morgan fingerprint density at radius 1 is 1.47 bits per heavy atom. The number of amides is 1. The molecular weight excluding hydrogens is 306 g/mol.